The van der Waals surface area contributed by atoms with E-state index >= 15 is 0 Å². The van der Waals surface area contributed by atoms with Gasteiger partial charge in [0.05, 0.1) is 0 Å². The quantitative estimate of drug-likeness (QED) is 0.871. The van der Waals surface area contributed by atoms with Crippen molar-refractivity contribution in [3.8, 4) is 11.8 Å². The third kappa shape index (κ3) is 2.19. The lowest BCUT2D eigenvalue weighted by atomic mass is 10.0. The summed E-state index contributed by atoms with van der Waals surface area (Å²) in [5, 5.41) is 8.94. The topological polar surface area (TPSA) is 67.6 Å². The minimum absolute atomic E-state index is 0.0315. The number of nitrogens with zero attached hydrogens (tertiary/aromatic N) is 3. The van der Waals surface area contributed by atoms with Crippen molar-refractivity contribution in [2.75, 3.05) is 0 Å². The van der Waals surface area contributed by atoms with Gasteiger partial charge in [-0.05, 0) is 24.1 Å². The van der Waals surface area contributed by atoms with E-state index in [0.29, 0.717) is 5.82 Å². The van der Waals surface area contributed by atoms with Gasteiger partial charge >= 0.3 is 0 Å². The maximum Gasteiger partial charge on any atom is 0.217 e. The summed E-state index contributed by atoms with van der Waals surface area (Å²) in [5.74, 6) is 0.382. The summed E-state index contributed by atoms with van der Waals surface area (Å²) in [6.45, 7) is 2.05. The number of imidazole rings is 1. The van der Waals surface area contributed by atoms with Crippen LogP contribution in [0.1, 0.15) is 30.8 Å². The van der Waals surface area contributed by atoms with Gasteiger partial charge in [0.15, 0.2) is 0 Å². The van der Waals surface area contributed by atoms with Crippen molar-refractivity contribution < 1.29 is 0 Å². The highest BCUT2D eigenvalue weighted by atomic mass is 15.1. The number of benzene rings is 1. The molecule has 0 bridgehead atoms. The summed E-state index contributed by atoms with van der Waals surface area (Å²) in [7, 11) is 0. The van der Waals surface area contributed by atoms with Crippen LogP contribution in [0.4, 0.5) is 0 Å². The van der Waals surface area contributed by atoms with Gasteiger partial charge in [-0.3, -0.25) is 4.57 Å². The van der Waals surface area contributed by atoms with E-state index < -0.39 is 0 Å². The smallest absolute Gasteiger partial charge is 0.217 e. The first-order valence-electron chi connectivity index (χ1n) is 5.55. The number of rotatable bonds is 3. The molecule has 1 aromatic carbocycles. The Kier molecular flexibility index (Phi) is 3.22. The van der Waals surface area contributed by atoms with Crippen molar-refractivity contribution in [3.05, 3.63) is 48.0 Å². The first-order chi connectivity index (χ1) is 8.26. The molecule has 2 rings (SSSR count). The second-order valence-electron chi connectivity index (χ2n) is 3.84. The predicted octanol–water partition coefficient (Wildman–Crippen LogP) is 2.15. The van der Waals surface area contributed by atoms with Gasteiger partial charge in [0.1, 0.15) is 6.07 Å². The second-order valence-corrected chi connectivity index (χ2v) is 3.84. The Hall–Kier alpha value is -2.12. The highest BCUT2D eigenvalue weighted by Gasteiger charge is 2.07. The summed E-state index contributed by atoms with van der Waals surface area (Å²) in [5.41, 5.74) is 7.99. The number of nitriles is 1. The van der Waals surface area contributed by atoms with Crippen LogP contribution in [0.5, 0.6) is 0 Å². The number of nitrogens with two attached hydrogens (primary N) is 1. The number of hydrogen-bond donors (Lipinski definition) is 1. The fourth-order valence-corrected chi connectivity index (χ4v) is 1.74. The summed E-state index contributed by atoms with van der Waals surface area (Å²) < 4.78 is 1.76. The standard InChI is InChI=1S/C13H14N4/c1-2-12(15)10-4-3-5-11(8-10)17-7-6-16-13(17)9-14/h3-8,12H,2,15H2,1H3. The van der Waals surface area contributed by atoms with Crippen LogP contribution in [0.25, 0.3) is 5.69 Å². The molecule has 86 valence electrons. The average molecular weight is 226 g/mol. The van der Waals surface area contributed by atoms with Gasteiger partial charge in [0.25, 0.3) is 0 Å². The molecule has 1 atom stereocenters. The molecule has 1 unspecified atom stereocenters. The van der Waals surface area contributed by atoms with Crippen LogP contribution in [-0.4, -0.2) is 9.55 Å². The molecule has 0 amide bonds. The Morgan fingerprint density at radius 1 is 1.53 bits per heavy atom. The molecular weight excluding hydrogens is 212 g/mol. The lowest BCUT2D eigenvalue weighted by Gasteiger charge is -2.11. The molecule has 0 aliphatic rings. The van der Waals surface area contributed by atoms with Crippen molar-refractivity contribution >= 4 is 0 Å². The summed E-state index contributed by atoms with van der Waals surface area (Å²) in [6, 6.07) is 9.97. The predicted molar refractivity (Wildman–Crippen MR) is 65.5 cm³/mol. The van der Waals surface area contributed by atoms with Crippen molar-refractivity contribution in [1.29, 1.82) is 5.26 Å². The van der Waals surface area contributed by atoms with Crippen LogP contribution in [0.2, 0.25) is 0 Å². The van der Waals surface area contributed by atoms with E-state index in [2.05, 4.69) is 18.0 Å². The Balaban J connectivity index is 2.44. The van der Waals surface area contributed by atoms with E-state index in [4.69, 9.17) is 11.0 Å². The van der Waals surface area contributed by atoms with Gasteiger partial charge in [0.2, 0.25) is 5.82 Å². The van der Waals surface area contributed by atoms with E-state index in [9.17, 15) is 0 Å². The minimum Gasteiger partial charge on any atom is -0.324 e. The van der Waals surface area contributed by atoms with E-state index in [-0.39, 0.29) is 6.04 Å². The van der Waals surface area contributed by atoms with Crippen molar-refractivity contribution in [1.82, 2.24) is 9.55 Å². The molecular formula is C13H14N4. The molecule has 2 aromatic rings. The third-order valence-electron chi connectivity index (χ3n) is 2.76. The zero-order valence-corrected chi connectivity index (χ0v) is 9.67. The van der Waals surface area contributed by atoms with E-state index in [1.807, 2.05) is 24.3 Å². The molecule has 2 N–H and O–H groups in total. The average Bonchev–Trinajstić information content (AvgIpc) is 2.86. The lowest BCUT2D eigenvalue weighted by Crippen LogP contribution is -2.09. The minimum atomic E-state index is 0.0315. The van der Waals surface area contributed by atoms with Gasteiger partial charge in [-0.15, -0.1) is 0 Å². The molecule has 4 nitrogen and oxygen atoms in total. The number of hydrogen-bond acceptors (Lipinski definition) is 3. The monoisotopic (exact) mass is 226 g/mol. The largest absolute Gasteiger partial charge is 0.324 e. The SMILES string of the molecule is CCC(N)c1cccc(-n2ccnc2C#N)c1. The van der Waals surface area contributed by atoms with Crippen LogP contribution in [0.3, 0.4) is 0 Å². The van der Waals surface area contributed by atoms with E-state index in [0.717, 1.165) is 17.7 Å². The first kappa shape index (κ1) is 11.4. The molecule has 17 heavy (non-hydrogen) atoms. The Morgan fingerprint density at radius 3 is 3.06 bits per heavy atom. The normalized spacial score (nSPS) is 12.1. The van der Waals surface area contributed by atoms with E-state index in [1.165, 1.54) is 0 Å². The van der Waals surface area contributed by atoms with Crippen LogP contribution in [0.15, 0.2) is 36.7 Å². The van der Waals surface area contributed by atoms with Gasteiger partial charge in [-0.25, -0.2) is 4.98 Å². The van der Waals surface area contributed by atoms with Gasteiger partial charge in [-0.1, -0.05) is 19.1 Å². The summed E-state index contributed by atoms with van der Waals surface area (Å²) in [6.07, 6.45) is 4.28. The lowest BCUT2D eigenvalue weighted by molar-refractivity contribution is 0.698. The van der Waals surface area contributed by atoms with Gasteiger partial charge < -0.3 is 5.73 Å². The zero-order valence-electron chi connectivity index (χ0n) is 9.67. The Labute approximate surface area is 100 Å². The summed E-state index contributed by atoms with van der Waals surface area (Å²) in [4.78, 5) is 3.98. The Bertz CT molecular complexity index is 551. The molecule has 4 heteroatoms. The van der Waals surface area contributed by atoms with E-state index in [1.54, 1.807) is 17.0 Å². The molecule has 1 heterocycles. The van der Waals surface area contributed by atoms with Gasteiger partial charge in [-0.2, -0.15) is 5.26 Å². The molecule has 0 spiro atoms. The maximum absolute atomic E-state index is 8.94. The van der Waals surface area contributed by atoms with Crippen LogP contribution in [-0.2, 0) is 0 Å². The van der Waals surface area contributed by atoms with Gasteiger partial charge in [0, 0.05) is 24.1 Å². The molecule has 0 saturated carbocycles. The van der Waals surface area contributed by atoms with Crippen LogP contribution in [0, 0.1) is 11.3 Å². The molecule has 0 aliphatic carbocycles. The molecule has 1 aromatic heterocycles. The first-order valence-corrected chi connectivity index (χ1v) is 5.55. The fourth-order valence-electron chi connectivity index (χ4n) is 1.74. The fraction of sp³-hybridized carbons (Fsp3) is 0.231. The van der Waals surface area contributed by atoms with Crippen LogP contribution < -0.4 is 5.73 Å². The molecule has 0 aliphatic heterocycles. The van der Waals surface area contributed by atoms with Crippen LogP contribution >= 0.6 is 0 Å². The highest BCUT2D eigenvalue weighted by Crippen LogP contribution is 2.18. The van der Waals surface area contributed by atoms with Crippen molar-refractivity contribution in [3.63, 3.8) is 0 Å². The molecule has 0 fully saturated rings. The number of aromatic nitrogens is 2. The maximum atomic E-state index is 8.94. The van der Waals surface area contributed by atoms with Crippen molar-refractivity contribution in [2.24, 2.45) is 5.73 Å². The molecule has 0 radical (unpaired) electrons. The highest BCUT2D eigenvalue weighted by molar-refractivity contribution is 5.39. The summed E-state index contributed by atoms with van der Waals surface area (Å²) >= 11 is 0. The third-order valence-corrected chi connectivity index (χ3v) is 2.76. The Morgan fingerprint density at radius 2 is 2.35 bits per heavy atom. The second kappa shape index (κ2) is 4.81. The molecule has 0 saturated heterocycles. The van der Waals surface area contributed by atoms with Crippen molar-refractivity contribution in [2.45, 2.75) is 19.4 Å². The zero-order chi connectivity index (χ0) is 12.3.